The Morgan fingerprint density at radius 1 is 0.815 bits per heavy atom. The van der Waals surface area contributed by atoms with Gasteiger partial charge in [0.2, 0.25) is 0 Å². The average molecular weight is 699 g/mol. The Morgan fingerprint density at radius 2 is 1.59 bits per heavy atom. The molecule has 4 heteroatoms. The summed E-state index contributed by atoms with van der Waals surface area (Å²) < 4.78 is 0. The lowest BCUT2D eigenvalue weighted by Crippen LogP contribution is -2.05. The fraction of sp³-hybridized carbons (Fsp3) is 0.0800. The smallest absolute Gasteiger partial charge is 0.0702 e. The molecule has 0 bridgehead atoms. The highest BCUT2D eigenvalue weighted by molar-refractivity contribution is 6.16. The Kier molecular flexibility index (Phi) is 11.0. The number of nitrogens with one attached hydrogen (secondary N) is 1. The third kappa shape index (κ3) is 8.14. The van der Waals surface area contributed by atoms with Gasteiger partial charge in [0.1, 0.15) is 0 Å². The van der Waals surface area contributed by atoms with Gasteiger partial charge in [0.05, 0.1) is 22.8 Å². The van der Waals surface area contributed by atoms with E-state index in [0.29, 0.717) is 5.71 Å². The number of aromatic nitrogens is 2. The summed E-state index contributed by atoms with van der Waals surface area (Å²) in [5, 5.41) is 13.4. The molecule has 0 unspecified atom stereocenters. The van der Waals surface area contributed by atoms with E-state index in [-0.39, 0.29) is 0 Å². The van der Waals surface area contributed by atoms with Crippen LogP contribution in [0.1, 0.15) is 54.6 Å². The lowest BCUT2D eigenvalue weighted by Gasteiger charge is -2.16. The molecule has 262 valence electrons. The first kappa shape index (κ1) is 35.6. The summed E-state index contributed by atoms with van der Waals surface area (Å²) in [5.41, 5.74) is 11.5. The minimum Gasteiger partial charge on any atom is -0.301 e. The first-order chi connectivity index (χ1) is 26.5. The van der Waals surface area contributed by atoms with E-state index in [4.69, 9.17) is 10.4 Å². The average Bonchev–Trinajstić information content (AvgIpc) is 3.21. The van der Waals surface area contributed by atoms with Crippen LogP contribution in [0, 0.1) is 5.41 Å². The van der Waals surface area contributed by atoms with Crippen LogP contribution in [-0.4, -0.2) is 21.4 Å². The lowest BCUT2D eigenvalue weighted by molar-refractivity contribution is 1.01. The molecule has 0 saturated carbocycles. The Labute approximate surface area is 317 Å². The second-order valence-electron chi connectivity index (χ2n) is 13.2. The van der Waals surface area contributed by atoms with Gasteiger partial charge in [-0.3, -0.25) is 15.0 Å². The van der Waals surface area contributed by atoms with E-state index < -0.39 is 0 Å². The van der Waals surface area contributed by atoms with E-state index in [1.54, 1.807) is 6.20 Å². The van der Waals surface area contributed by atoms with Crippen molar-refractivity contribution in [2.75, 3.05) is 0 Å². The predicted octanol–water partition coefficient (Wildman–Crippen LogP) is 12.9. The summed E-state index contributed by atoms with van der Waals surface area (Å²) in [4.78, 5) is 14.2. The van der Waals surface area contributed by atoms with Gasteiger partial charge in [-0.25, -0.2) is 0 Å². The normalized spacial score (nSPS) is 15.0. The molecule has 6 aromatic rings. The van der Waals surface area contributed by atoms with Crippen molar-refractivity contribution in [3.63, 3.8) is 0 Å². The maximum Gasteiger partial charge on any atom is 0.0702 e. The summed E-state index contributed by atoms with van der Waals surface area (Å²) in [6, 6.07) is 35.9. The van der Waals surface area contributed by atoms with Crippen molar-refractivity contribution in [3.05, 3.63) is 204 Å². The van der Waals surface area contributed by atoms with Crippen LogP contribution in [0.15, 0.2) is 181 Å². The number of nitrogens with zero attached hydrogens (tertiary/aromatic N) is 3. The molecule has 54 heavy (non-hydrogen) atoms. The summed E-state index contributed by atoms with van der Waals surface area (Å²) in [5.74, 6) is 0. The fourth-order valence-electron chi connectivity index (χ4n) is 6.78. The highest BCUT2D eigenvalue weighted by Crippen LogP contribution is 2.33. The van der Waals surface area contributed by atoms with Crippen molar-refractivity contribution in [1.82, 2.24) is 9.97 Å². The molecule has 4 nitrogen and oxygen atoms in total. The molecule has 0 atom stereocenters. The Morgan fingerprint density at radius 3 is 2.31 bits per heavy atom. The summed E-state index contributed by atoms with van der Waals surface area (Å²) in [7, 11) is 0. The van der Waals surface area contributed by atoms with Crippen molar-refractivity contribution < 1.29 is 0 Å². The predicted molar refractivity (Wildman–Crippen MR) is 232 cm³/mol. The standard InChI is InChI=1S/C50H42N4/c1-4-13-50(54-35(3)14-11-15-36-21-29-49(53-34-36)38-16-7-6-8-17-38)42-25-27-44-40(33-42)23-22-39-32-41(24-26-43(39)44)45(46-19-9-10-20-47(46)51)28-30-48-37(5-2)18-12-31-52-48/h4-8,10-18,20-34,51H,2,9,19H2,1,3H3/b13-4-,15-11-,30-28+,35-14+,46-45+,51-47?,54-50+. The first-order valence-electron chi connectivity index (χ1n) is 18.3. The van der Waals surface area contributed by atoms with Crippen LogP contribution in [0.4, 0.5) is 0 Å². The fourth-order valence-corrected chi connectivity index (χ4v) is 6.78. The van der Waals surface area contributed by atoms with Crippen LogP contribution in [0.25, 0.3) is 56.6 Å². The quantitative estimate of drug-likeness (QED) is 0.0879. The molecule has 0 spiro atoms. The van der Waals surface area contributed by atoms with Gasteiger partial charge in [-0.2, -0.15) is 0 Å². The molecule has 2 aromatic heterocycles. The van der Waals surface area contributed by atoms with Crippen LogP contribution >= 0.6 is 0 Å². The van der Waals surface area contributed by atoms with Crippen molar-refractivity contribution in [2.24, 2.45) is 4.99 Å². The van der Waals surface area contributed by atoms with E-state index in [0.717, 1.165) is 85.4 Å². The van der Waals surface area contributed by atoms with Crippen LogP contribution in [0.3, 0.4) is 0 Å². The molecule has 2 heterocycles. The molecule has 0 fully saturated rings. The molecule has 0 aliphatic heterocycles. The number of hydrogen-bond acceptors (Lipinski definition) is 4. The second kappa shape index (κ2) is 16.7. The Balaban J connectivity index is 1.16. The largest absolute Gasteiger partial charge is 0.301 e. The molecule has 1 aliphatic carbocycles. The van der Waals surface area contributed by atoms with Crippen LogP contribution in [0.5, 0.6) is 0 Å². The third-order valence-electron chi connectivity index (χ3n) is 9.54. The van der Waals surface area contributed by atoms with Gasteiger partial charge in [-0.1, -0.05) is 122 Å². The lowest BCUT2D eigenvalue weighted by atomic mass is 9.88. The molecule has 7 rings (SSSR count). The summed E-state index contributed by atoms with van der Waals surface area (Å²) in [6.45, 7) is 8.00. The number of hydrogen-bond donors (Lipinski definition) is 1. The van der Waals surface area contributed by atoms with E-state index in [9.17, 15) is 0 Å². The van der Waals surface area contributed by atoms with E-state index in [2.05, 4.69) is 102 Å². The number of fused-ring (bicyclic) bond motifs is 3. The zero-order valence-electron chi connectivity index (χ0n) is 30.7. The van der Waals surface area contributed by atoms with Gasteiger partial charge >= 0.3 is 0 Å². The van der Waals surface area contributed by atoms with Gasteiger partial charge in [0.25, 0.3) is 0 Å². The van der Waals surface area contributed by atoms with E-state index in [1.807, 2.05) is 99.0 Å². The zero-order valence-corrected chi connectivity index (χ0v) is 30.7. The van der Waals surface area contributed by atoms with Crippen molar-refractivity contribution in [1.29, 1.82) is 5.41 Å². The first-order valence-corrected chi connectivity index (χ1v) is 18.3. The van der Waals surface area contributed by atoms with Crippen molar-refractivity contribution in [3.8, 4) is 11.3 Å². The second-order valence-corrected chi connectivity index (χ2v) is 13.2. The van der Waals surface area contributed by atoms with Gasteiger partial charge < -0.3 is 5.41 Å². The van der Waals surface area contributed by atoms with Crippen molar-refractivity contribution in [2.45, 2.75) is 26.7 Å². The molecule has 0 radical (unpaired) electrons. The van der Waals surface area contributed by atoms with Crippen LogP contribution in [0.2, 0.25) is 0 Å². The highest BCUT2D eigenvalue weighted by Gasteiger charge is 2.15. The monoisotopic (exact) mass is 698 g/mol. The summed E-state index contributed by atoms with van der Waals surface area (Å²) >= 11 is 0. The maximum absolute atomic E-state index is 8.75. The van der Waals surface area contributed by atoms with Gasteiger partial charge in [0.15, 0.2) is 0 Å². The van der Waals surface area contributed by atoms with E-state index in [1.165, 1.54) is 10.8 Å². The minimum absolute atomic E-state index is 0.558. The molecule has 1 N–H and O–H groups in total. The zero-order chi connectivity index (χ0) is 37.3. The number of benzene rings is 4. The maximum atomic E-state index is 8.75. The highest BCUT2D eigenvalue weighted by atomic mass is 14.7. The Hall–Kier alpha value is -6.78. The summed E-state index contributed by atoms with van der Waals surface area (Å²) in [6.07, 6.45) is 25.6. The molecule has 0 saturated heterocycles. The molecule has 1 aliphatic rings. The topological polar surface area (TPSA) is 62.0 Å². The number of allylic oxidation sites excluding steroid dienone is 10. The van der Waals surface area contributed by atoms with Crippen molar-refractivity contribution >= 4 is 56.8 Å². The van der Waals surface area contributed by atoms with Gasteiger partial charge in [0, 0.05) is 29.2 Å². The SMILES string of the molecule is C=Cc1cccnc1/C=C/C(=C1/CCC=CC1=N)c1ccc2c(ccc3cc(C(/C=C\C)=N/C(C)=C/C=C\c4ccc(-c5ccccc5)nc4)ccc32)c1. The molecule has 0 amide bonds. The molecular weight excluding hydrogens is 657 g/mol. The number of aliphatic imine (C=N–C) groups is 1. The molecular formula is C50H42N4. The minimum atomic E-state index is 0.558. The molecule has 4 aromatic carbocycles. The number of pyridine rings is 2. The van der Waals surface area contributed by atoms with Gasteiger partial charge in [-0.05, 0) is 125 Å². The van der Waals surface area contributed by atoms with Crippen LogP contribution < -0.4 is 0 Å². The van der Waals surface area contributed by atoms with Gasteiger partial charge in [-0.15, -0.1) is 0 Å². The third-order valence-corrected chi connectivity index (χ3v) is 9.54. The Bertz CT molecular complexity index is 2580. The van der Waals surface area contributed by atoms with E-state index >= 15 is 0 Å². The number of rotatable bonds is 10. The van der Waals surface area contributed by atoms with Crippen LogP contribution in [-0.2, 0) is 0 Å².